The van der Waals surface area contributed by atoms with E-state index in [2.05, 4.69) is 16.0 Å². The monoisotopic (exact) mass is 362 g/mol. The van der Waals surface area contributed by atoms with Crippen LogP contribution in [0.5, 0.6) is 0 Å². The molecule has 0 heterocycles. The molecule has 0 saturated heterocycles. The Morgan fingerprint density at radius 3 is 2.12 bits per heavy atom. The summed E-state index contributed by atoms with van der Waals surface area (Å²) in [4.78, 5) is 47.2. The summed E-state index contributed by atoms with van der Waals surface area (Å²) in [7, 11) is 0. The van der Waals surface area contributed by atoms with Crippen LogP contribution in [0, 0.1) is 5.92 Å². The Kier molecular flexibility index (Phi) is 8.27. The van der Waals surface area contributed by atoms with Gasteiger partial charge in [-0.2, -0.15) is 0 Å². The van der Waals surface area contributed by atoms with Crippen molar-refractivity contribution >= 4 is 23.6 Å². The Bertz CT molecular complexity index is 646. The van der Waals surface area contributed by atoms with Gasteiger partial charge in [-0.25, -0.2) is 0 Å². The average molecular weight is 362 g/mol. The molecule has 1 aromatic carbocycles. The third kappa shape index (κ3) is 7.33. The first-order valence-electron chi connectivity index (χ1n) is 8.38. The van der Waals surface area contributed by atoms with E-state index in [-0.39, 0.29) is 24.8 Å². The topological polar surface area (TPSA) is 130 Å². The molecule has 0 aromatic heterocycles. The van der Waals surface area contributed by atoms with E-state index in [1.807, 2.05) is 30.3 Å². The molecule has 8 heteroatoms. The maximum absolute atomic E-state index is 12.6. The lowest BCUT2D eigenvalue weighted by atomic mass is 10.0. The van der Waals surface area contributed by atoms with Gasteiger partial charge < -0.3 is 21.7 Å². The van der Waals surface area contributed by atoms with Gasteiger partial charge in [0.05, 0.1) is 6.54 Å². The van der Waals surface area contributed by atoms with Crippen LogP contribution in [0.15, 0.2) is 30.3 Å². The molecule has 0 bridgehead atoms. The minimum absolute atomic E-state index is 0.162. The van der Waals surface area contributed by atoms with Crippen molar-refractivity contribution in [1.82, 2.24) is 16.0 Å². The standard InChI is InChI=1S/C18H26N4O4/c1-11(2)16(21-12(3)23)18(26)22-14(17(25)20-10-15(19)24)9-13-7-5-4-6-8-13/h4-8,11,14,16H,9-10H2,1-3H3,(H2,19,24)(H,20,25)(H,21,23)(H,22,26)/t14-,16-/m0/s1. The number of carbonyl (C=O) groups excluding carboxylic acids is 4. The minimum Gasteiger partial charge on any atom is -0.368 e. The lowest BCUT2D eigenvalue weighted by Gasteiger charge is -2.25. The van der Waals surface area contributed by atoms with Gasteiger partial charge >= 0.3 is 0 Å². The van der Waals surface area contributed by atoms with Crippen LogP contribution in [0.4, 0.5) is 0 Å². The Hall–Kier alpha value is -2.90. The number of hydrogen-bond acceptors (Lipinski definition) is 4. The highest BCUT2D eigenvalue weighted by Gasteiger charge is 2.28. The molecule has 2 atom stereocenters. The molecule has 26 heavy (non-hydrogen) atoms. The molecule has 0 aliphatic rings. The number of carbonyl (C=O) groups is 4. The maximum Gasteiger partial charge on any atom is 0.243 e. The second-order valence-corrected chi connectivity index (χ2v) is 6.36. The van der Waals surface area contributed by atoms with E-state index in [0.717, 1.165) is 5.56 Å². The molecule has 0 unspecified atom stereocenters. The summed E-state index contributed by atoms with van der Waals surface area (Å²) in [6.07, 6.45) is 0.238. The van der Waals surface area contributed by atoms with Crippen LogP contribution in [-0.2, 0) is 25.6 Å². The van der Waals surface area contributed by atoms with Gasteiger partial charge in [-0.1, -0.05) is 44.2 Å². The van der Waals surface area contributed by atoms with Crippen molar-refractivity contribution in [2.75, 3.05) is 6.54 Å². The van der Waals surface area contributed by atoms with Gasteiger partial charge in [-0.3, -0.25) is 19.2 Å². The van der Waals surface area contributed by atoms with E-state index in [4.69, 9.17) is 5.73 Å². The first-order valence-corrected chi connectivity index (χ1v) is 8.38. The highest BCUT2D eigenvalue weighted by Crippen LogP contribution is 2.06. The molecular weight excluding hydrogens is 336 g/mol. The van der Waals surface area contributed by atoms with Crippen LogP contribution < -0.4 is 21.7 Å². The number of nitrogens with one attached hydrogen (secondary N) is 3. The van der Waals surface area contributed by atoms with Gasteiger partial charge in [0.1, 0.15) is 12.1 Å². The fraction of sp³-hybridized carbons (Fsp3) is 0.444. The normalized spacial score (nSPS) is 12.8. The fourth-order valence-electron chi connectivity index (χ4n) is 2.37. The summed E-state index contributed by atoms with van der Waals surface area (Å²) in [6, 6.07) is 7.47. The van der Waals surface area contributed by atoms with Crippen molar-refractivity contribution in [2.45, 2.75) is 39.3 Å². The Balaban J connectivity index is 2.91. The second kappa shape index (κ2) is 10.2. The average Bonchev–Trinajstić information content (AvgIpc) is 2.57. The fourth-order valence-corrected chi connectivity index (χ4v) is 2.37. The van der Waals surface area contributed by atoms with Crippen LogP contribution in [0.1, 0.15) is 26.3 Å². The second-order valence-electron chi connectivity index (χ2n) is 6.36. The number of hydrogen-bond donors (Lipinski definition) is 4. The van der Waals surface area contributed by atoms with Crippen molar-refractivity contribution in [2.24, 2.45) is 11.7 Å². The number of amides is 4. The summed E-state index contributed by atoms with van der Waals surface area (Å²) in [5.74, 6) is -2.17. The van der Waals surface area contributed by atoms with E-state index >= 15 is 0 Å². The predicted molar refractivity (Wildman–Crippen MR) is 96.7 cm³/mol. The number of primary amides is 1. The lowest BCUT2D eigenvalue weighted by molar-refractivity contribution is -0.133. The summed E-state index contributed by atoms with van der Waals surface area (Å²) in [6.45, 7) is 4.59. The van der Waals surface area contributed by atoms with Gasteiger partial charge in [0.2, 0.25) is 23.6 Å². The minimum atomic E-state index is -0.903. The molecule has 1 rings (SSSR count). The highest BCUT2D eigenvalue weighted by molar-refractivity contribution is 5.93. The van der Waals surface area contributed by atoms with Crippen LogP contribution in [-0.4, -0.2) is 42.3 Å². The molecular formula is C18H26N4O4. The largest absolute Gasteiger partial charge is 0.368 e. The predicted octanol–water partition coefficient (Wildman–Crippen LogP) is -0.524. The molecule has 0 aliphatic carbocycles. The van der Waals surface area contributed by atoms with E-state index < -0.39 is 29.8 Å². The highest BCUT2D eigenvalue weighted by atomic mass is 16.2. The molecule has 5 N–H and O–H groups in total. The van der Waals surface area contributed by atoms with Crippen molar-refractivity contribution in [3.8, 4) is 0 Å². The summed E-state index contributed by atoms with van der Waals surface area (Å²) >= 11 is 0. The van der Waals surface area contributed by atoms with Crippen molar-refractivity contribution in [3.63, 3.8) is 0 Å². The molecule has 142 valence electrons. The number of benzene rings is 1. The van der Waals surface area contributed by atoms with Crippen LogP contribution in [0.3, 0.4) is 0 Å². The van der Waals surface area contributed by atoms with E-state index in [1.54, 1.807) is 13.8 Å². The SMILES string of the molecule is CC(=O)N[C@H](C(=O)N[C@@H](Cc1ccccc1)C(=O)NCC(N)=O)C(C)C. The lowest BCUT2D eigenvalue weighted by Crippen LogP contribution is -2.56. The van der Waals surface area contributed by atoms with Gasteiger partial charge in [0.25, 0.3) is 0 Å². The van der Waals surface area contributed by atoms with Gasteiger partial charge in [-0.05, 0) is 11.5 Å². The number of rotatable bonds is 9. The third-order valence-electron chi connectivity index (χ3n) is 3.66. The van der Waals surface area contributed by atoms with Crippen LogP contribution in [0.25, 0.3) is 0 Å². The molecule has 0 fully saturated rings. The van der Waals surface area contributed by atoms with Gasteiger partial charge in [0.15, 0.2) is 0 Å². The van der Waals surface area contributed by atoms with E-state index in [9.17, 15) is 19.2 Å². The van der Waals surface area contributed by atoms with E-state index in [0.29, 0.717) is 0 Å². The quantitative estimate of drug-likeness (QED) is 0.471. The van der Waals surface area contributed by atoms with Crippen LogP contribution in [0.2, 0.25) is 0 Å². The zero-order chi connectivity index (χ0) is 19.7. The summed E-state index contributed by atoms with van der Waals surface area (Å²) in [5.41, 5.74) is 5.89. The van der Waals surface area contributed by atoms with Crippen molar-refractivity contribution in [3.05, 3.63) is 35.9 Å². The molecule has 8 nitrogen and oxygen atoms in total. The molecule has 0 spiro atoms. The Morgan fingerprint density at radius 2 is 1.62 bits per heavy atom. The Morgan fingerprint density at radius 1 is 1.00 bits per heavy atom. The third-order valence-corrected chi connectivity index (χ3v) is 3.66. The first-order chi connectivity index (χ1) is 12.2. The molecule has 0 saturated carbocycles. The van der Waals surface area contributed by atoms with E-state index in [1.165, 1.54) is 6.92 Å². The molecule has 0 aliphatic heterocycles. The first kappa shape index (κ1) is 21.1. The molecule has 1 aromatic rings. The summed E-state index contributed by atoms with van der Waals surface area (Å²) < 4.78 is 0. The van der Waals surface area contributed by atoms with Gasteiger partial charge in [-0.15, -0.1) is 0 Å². The maximum atomic E-state index is 12.6. The number of nitrogens with two attached hydrogens (primary N) is 1. The molecule has 0 radical (unpaired) electrons. The Labute approximate surface area is 152 Å². The summed E-state index contributed by atoms with van der Waals surface area (Å²) in [5, 5.41) is 7.64. The van der Waals surface area contributed by atoms with Crippen molar-refractivity contribution in [1.29, 1.82) is 0 Å². The zero-order valence-corrected chi connectivity index (χ0v) is 15.2. The zero-order valence-electron chi connectivity index (χ0n) is 15.2. The molecule has 4 amide bonds. The van der Waals surface area contributed by atoms with Crippen molar-refractivity contribution < 1.29 is 19.2 Å². The van der Waals surface area contributed by atoms with Crippen LogP contribution >= 0.6 is 0 Å². The smallest absolute Gasteiger partial charge is 0.243 e. The van der Waals surface area contributed by atoms with Gasteiger partial charge in [0, 0.05) is 13.3 Å².